The Morgan fingerprint density at radius 3 is 2.54 bits per heavy atom. The number of nitrogens with zero attached hydrogens (tertiary/aromatic N) is 1. The Balaban J connectivity index is 1.70. The highest BCUT2D eigenvalue weighted by Gasteiger charge is 2.32. The zero-order chi connectivity index (χ0) is 20.1. The smallest absolute Gasteiger partial charge is 0.251 e. The van der Waals surface area contributed by atoms with E-state index in [-0.39, 0.29) is 23.2 Å². The summed E-state index contributed by atoms with van der Waals surface area (Å²) < 4.78 is 0. The molecule has 2 aromatic rings. The third-order valence-corrected chi connectivity index (χ3v) is 6.30. The van der Waals surface area contributed by atoms with E-state index in [2.05, 4.69) is 12.2 Å². The molecule has 4 nitrogen and oxygen atoms in total. The molecule has 0 saturated carbocycles. The van der Waals surface area contributed by atoms with E-state index in [4.69, 9.17) is 11.6 Å². The summed E-state index contributed by atoms with van der Waals surface area (Å²) in [5.74, 6) is 0.538. The van der Waals surface area contributed by atoms with Crippen molar-refractivity contribution in [3.8, 4) is 0 Å². The first-order chi connectivity index (χ1) is 13.5. The molecule has 2 amide bonds. The van der Waals surface area contributed by atoms with Crippen molar-refractivity contribution in [3.63, 3.8) is 0 Å². The topological polar surface area (TPSA) is 49.4 Å². The average Bonchev–Trinajstić information content (AvgIpc) is 3.04. The molecule has 3 rings (SSSR count). The van der Waals surface area contributed by atoms with E-state index in [1.165, 1.54) is 0 Å². The quantitative estimate of drug-likeness (QED) is 0.688. The van der Waals surface area contributed by atoms with Gasteiger partial charge in [-0.2, -0.15) is 0 Å². The van der Waals surface area contributed by atoms with E-state index in [0.717, 1.165) is 24.0 Å². The molecule has 0 aliphatic carbocycles. The van der Waals surface area contributed by atoms with E-state index in [0.29, 0.717) is 22.9 Å². The molecule has 2 atom stereocenters. The number of amides is 2. The van der Waals surface area contributed by atoms with Crippen molar-refractivity contribution in [1.29, 1.82) is 0 Å². The standard InChI is InChI=1S/C22H25ClN2O2S/c1-3-4-15(2)24-21(27)17-7-9-18(10-8-17)22-25(20(26)14-28-22)13-16-5-11-19(23)12-6-16/h5-12,15,22H,3-4,13-14H2,1-2H3,(H,24,27)/t15-,22-/m1/s1. The number of hydrogen-bond donors (Lipinski definition) is 1. The Bertz CT molecular complexity index is 823. The van der Waals surface area contributed by atoms with Gasteiger partial charge in [0.2, 0.25) is 5.91 Å². The molecule has 1 heterocycles. The van der Waals surface area contributed by atoms with Gasteiger partial charge in [0.15, 0.2) is 0 Å². The van der Waals surface area contributed by atoms with Crippen LogP contribution in [0.25, 0.3) is 0 Å². The van der Waals surface area contributed by atoms with Gasteiger partial charge in [0.05, 0.1) is 5.75 Å². The lowest BCUT2D eigenvalue weighted by Crippen LogP contribution is -2.32. The maximum absolute atomic E-state index is 12.4. The van der Waals surface area contributed by atoms with Gasteiger partial charge < -0.3 is 10.2 Å². The zero-order valence-corrected chi connectivity index (χ0v) is 17.7. The number of nitrogens with one attached hydrogen (secondary N) is 1. The summed E-state index contributed by atoms with van der Waals surface area (Å²) in [6.45, 7) is 4.67. The zero-order valence-electron chi connectivity index (χ0n) is 16.2. The maximum atomic E-state index is 12.4. The molecule has 2 aromatic carbocycles. The van der Waals surface area contributed by atoms with Crippen LogP contribution in [0.15, 0.2) is 48.5 Å². The molecule has 0 aromatic heterocycles. The largest absolute Gasteiger partial charge is 0.350 e. The molecule has 1 fully saturated rings. The number of benzene rings is 2. The van der Waals surface area contributed by atoms with E-state index in [1.54, 1.807) is 11.8 Å². The van der Waals surface area contributed by atoms with Crippen LogP contribution in [-0.2, 0) is 11.3 Å². The highest BCUT2D eigenvalue weighted by molar-refractivity contribution is 8.00. The molecule has 1 aliphatic rings. The van der Waals surface area contributed by atoms with Crippen LogP contribution in [0.5, 0.6) is 0 Å². The van der Waals surface area contributed by atoms with Crippen LogP contribution in [-0.4, -0.2) is 28.5 Å². The Morgan fingerprint density at radius 2 is 1.89 bits per heavy atom. The van der Waals surface area contributed by atoms with E-state index in [9.17, 15) is 9.59 Å². The van der Waals surface area contributed by atoms with Crippen molar-refractivity contribution in [1.82, 2.24) is 10.2 Å². The third-order valence-electron chi connectivity index (χ3n) is 4.79. The van der Waals surface area contributed by atoms with Crippen molar-refractivity contribution in [3.05, 3.63) is 70.2 Å². The maximum Gasteiger partial charge on any atom is 0.251 e. The minimum absolute atomic E-state index is 0.0423. The summed E-state index contributed by atoms with van der Waals surface area (Å²) in [5, 5.41) is 3.66. The number of carbonyl (C=O) groups is 2. The summed E-state index contributed by atoms with van der Waals surface area (Å²) in [6.07, 6.45) is 2.00. The highest BCUT2D eigenvalue weighted by Crippen LogP contribution is 2.39. The highest BCUT2D eigenvalue weighted by atomic mass is 35.5. The molecular formula is C22H25ClN2O2S. The van der Waals surface area contributed by atoms with Gasteiger partial charge in [0, 0.05) is 23.2 Å². The lowest BCUT2D eigenvalue weighted by Gasteiger charge is -2.24. The fourth-order valence-electron chi connectivity index (χ4n) is 3.30. The average molecular weight is 417 g/mol. The summed E-state index contributed by atoms with van der Waals surface area (Å²) in [7, 11) is 0. The van der Waals surface area contributed by atoms with Crippen LogP contribution in [0.4, 0.5) is 0 Å². The molecule has 1 N–H and O–H groups in total. The molecule has 148 valence electrons. The lowest BCUT2D eigenvalue weighted by molar-refractivity contribution is -0.128. The minimum Gasteiger partial charge on any atom is -0.350 e. The number of thioether (sulfide) groups is 1. The molecule has 1 saturated heterocycles. The molecule has 1 aliphatic heterocycles. The van der Waals surface area contributed by atoms with Crippen LogP contribution >= 0.6 is 23.4 Å². The van der Waals surface area contributed by atoms with Gasteiger partial charge in [-0.15, -0.1) is 11.8 Å². The predicted octanol–water partition coefficient (Wildman–Crippen LogP) is 5.03. The number of rotatable bonds is 7. The first-order valence-electron chi connectivity index (χ1n) is 9.54. The monoisotopic (exact) mass is 416 g/mol. The molecule has 28 heavy (non-hydrogen) atoms. The second kappa shape index (κ2) is 9.48. The van der Waals surface area contributed by atoms with E-state index >= 15 is 0 Å². The number of halogens is 1. The molecule has 6 heteroatoms. The van der Waals surface area contributed by atoms with Crippen molar-refractivity contribution >= 4 is 35.2 Å². The van der Waals surface area contributed by atoms with Crippen molar-refractivity contribution in [2.45, 2.75) is 44.6 Å². The van der Waals surface area contributed by atoms with Crippen LogP contribution in [0.1, 0.15) is 53.5 Å². The van der Waals surface area contributed by atoms with Crippen molar-refractivity contribution in [2.75, 3.05) is 5.75 Å². The van der Waals surface area contributed by atoms with Crippen LogP contribution < -0.4 is 5.32 Å². The third kappa shape index (κ3) is 5.09. The minimum atomic E-state index is -0.0549. The normalized spacial score (nSPS) is 17.6. The first-order valence-corrected chi connectivity index (χ1v) is 11.0. The summed E-state index contributed by atoms with van der Waals surface area (Å²) in [5.41, 5.74) is 2.72. The van der Waals surface area contributed by atoms with Gasteiger partial charge in [-0.25, -0.2) is 0 Å². The van der Waals surface area contributed by atoms with Gasteiger partial charge in [0.25, 0.3) is 5.91 Å². The van der Waals surface area contributed by atoms with Gasteiger partial charge in [0.1, 0.15) is 5.37 Å². The van der Waals surface area contributed by atoms with Crippen molar-refractivity contribution < 1.29 is 9.59 Å². The Kier molecular flexibility index (Phi) is 7.03. The SMILES string of the molecule is CCC[C@@H](C)NC(=O)c1ccc([C@H]2SCC(=O)N2Cc2ccc(Cl)cc2)cc1. The number of carbonyl (C=O) groups excluding carboxylic acids is 2. The molecule has 0 bridgehead atoms. The summed E-state index contributed by atoms with van der Waals surface area (Å²) in [4.78, 5) is 26.6. The number of hydrogen-bond acceptors (Lipinski definition) is 3. The first kappa shape index (κ1) is 20.7. The summed E-state index contributed by atoms with van der Waals surface area (Å²) in [6, 6.07) is 15.3. The van der Waals surface area contributed by atoms with Crippen LogP contribution in [0.3, 0.4) is 0 Å². The Hall–Kier alpha value is -1.98. The summed E-state index contributed by atoms with van der Waals surface area (Å²) >= 11 is 7.57. The van der Waals surface area contributed by atoms with Crippen molar-refractivity contribution in [2.24, 2.45) is 0 Å². The molecule has 0 radical (unpaired) electrons. The fourth-order valence-corrected chi connectivity index (χ4v) is 4.61. The molecule has 0 spiro atoms. The molecule has 0 unspecified atom stereocenters. The predicted molar refractivity (Wildman–Crippen MR) is 115 cm³/mol. The second-order valence-corrected chi connectivity index (χ2v) is 8.60. The van der Waals surface area contributed by atoms with Gasteiger partial charge in [-0.1, -0.05) is 49.2 Å². The van der Waals surface area contributed by atoms with E-state index in [1.807, 2.05) is 60.4 Å². The van der Waals surface area contributed by atoms with Gasteiger partial charge in [-0.3, -0.25) is 9.59 Å². The van der Waals surface area contributed by atoms with Gasteiger partial charge >= 0.3 is 0 Å². The van der Waals surface area contributed by atoms with Crippen LogP contribution in [0, 0.1) is 0 Å². The van der Waals surface area contributed by atoms with E-state index < -0.39 is 0 Å². The lowest BCUT2D eigenvalue weighted by atomic mass is 10.1. The Morgan fingerprint density at radius 1 is 1.21 bits per heavy atom. The molecular weight excluding hydrogens is 392 g/mol. The Labute approximate surface area is 175 Å². The second-order valence-electron chi connectivity index (χ2n) is 7.10. The fraction of sp³-hybridized carbons (Fsp3) is 0.364. The van der Waals surface area contributed by atoms with Gasteiger partial charge in [-0.05, 0) is 48.7 Å². The van der Waals surface area contributed by atoms with Crippen LogP contribution in [0.2, 0.25) is 5.02 Å².